The smallest absolute Gasteiger partial charge is 0.134 e. The van der Waals surface area contributed by atoms with Crippen LogP contribution in [0.3, 0.4) is 0 Å². The Morgan fingerprint density at radius 2 is 2.05 bits per heavy atom. The molecule has 4 heteroatoms. The van der Waals surface area contributed by atoms with E-state index in [1.807, 2.05) is 44.2 Å². The molecule has 0 aliphatic heterocycles. The Bertz CT molecular complexity index is 416. The zero-order chi connectivity index (χ0) is 14.8. The standard InChI is InChI=1S/C16H24N2O2/c1-4-19-12-14(2)20-11-10-16(13-17,18-3)15-8-6-5-7-9-15/h5-9,14,18H,4,10-12H2,1-3H3. The summed E-state index contributed by atoms with van der Waals surface area (Å²) >= 11 is 0. The highest BCUT2D eigenvalue weighted by Gasteiger charge is 2.30. The van der Waals surface area contributed by atoms with Crippen LogP contribution in [0.25, 0.3) is 0 Å². The van der Waals surface area contributed by atoms with Gasteiger partial charge in [-0.2, -0.15) is 5.26 Å². The lowest BCUT2D eigenvalue weighted by Crippen LogP contribution is -2.40. The first-order valence-corrected chi connectivity index (χ1v) is 7.03. The second-order valence-corrected chi connectivity index (χ2v) is 4.72. The quantitative estimate of drug-likeness (QED) is 0.752. The monoisotopic (exact) mass is 276 g/mol. The molecule has 1 rings (SSSR count). The molecule has 1 aromatic rings. The van der Waals surface area contributed by atoms with Crippen LogP contribution in [-0.2, 0) is 15.0 Å². The maximum Gasteiger partial charge on any atom is 0.134 e. The maximum absolute atomic E-state index is 9.54. The Labute approximate surface area is 121 Å². The second kappa shape index (κ2) is 8.70. The minimum Gasteiger partial charge on any atom is -0.379 e. The molecule has 2 atom stereocenters. The van der Waals surface area contributed by atoms with E-state index in [-0.39, 0.29) is 6.10 Å². The highest BCUT2D eigenvalue weighted by atomic mass is 16.5. The first kappa shape index (κ1) is 16.6. The van der Waals surface area contributed by atoms with Crippen molar-refractivity contribution in [2.24, 2.45) is 0 Å². The molecule has 0 saturated heterocycles. The molecule has 0 spiro atoms. The number of rotatable bonds is 9. The molecular formula is C16H24N2O2. The molecule has 0 saturated carbocycles. The van der Waals surface area contributed by atoms with Crippen LogP contribution < -0.4 is 5.32 Å². The van der Waals surface area contributed by atoms with E-state index >= 15 is 0 Å². The Morgan fingerprint density at radius 1 is 1.35 bits per heavy atom. The van der Waals surface area contributed by atoms with Gasteiger partial charge >= 0.3 is 0 Å². The van der Waals surface area contributed by atoms with Crippen molar-refractivity contribution in [3.8, 4) is 6.07 Å². The predicted octanol–water partition coefficient (Wildman–Crippen LogP) is 2.46. The van der Waals surface area contributed by atoms with Crippen molar-refractivity contribution in [1.29, 1.82) is 5.26 Å². The highest BCUT2D eigenvalue weighted by molar-refractivity contribution is 5.31. The molecule has 0 amide bonds. The molecule has 110 valence electrons. The molecule has 0 aliphatic rings. The molecule has 0 fully saturated rings. The fourth-order valence-corrected chi connectivity index (χ4v) is 2.06. The van der Waals surface area contributed by atoms with Crippen LogP contribution in [0.4, 0.5) is 0 Å². The zero-order valence-electron chi connectivity index (χ0n) is 12.6. The van der Waals surface area contributed by atoms with Crippen LogP contribution in [0.2, 0.25) is 0 Å². The molecule has 1 N–H and O–H groups in total. The van der Waals surface area contributed by atoms with Crippen LogP contribution in [0.15, 0.2) is 30.3 Å². The first-order valence-electron chi connectivity index (χ1n) is 7.03. The summed E-state index contributed by atoms with van der Waals surface area (Å²) in [6.45, 7) is 5.73. The molecule has 20 heavy (non-hydrogen) atoms. The number of nitriles is 1. The SMILES string of the molecule is CCOCC(C)OCCC(C#N)(NC)c1ccccc1. The summed E-state index contributed by atoms with van der Waals surface area (Å²) in [5, 5.41) is 12.7. The zero-order valence-corrected chi connectivity index (χ0v) is 12.6. The van der Waals surface area contributed by atoms with E-state index in [1.54, 1.807) is 7.05 Å². The normalized spacial score (nSPS) is 15.3. The summed E-state index contributed by atoms with van der Waals surface area (Å²) < 4.78 is 11.0. The molecule has 0 aromatic heterocycles. The van der Waals surface area contributed by atoms with E-state index in [4.69, 9.17) is 9.47 Å². The van der Waals surface area contributed by atoms with Crippen LogP contribution in [0, 0.1) is 11.3 Å². The largest absolute Gasteiger partial charge is 0.379 e. The summed E-state index contributed by atoms with van der Waals surface area (Å²) in [6.07, 6.45) is 0.638. The van der Waals surface area contributed by atoms with Gasteiger partial charge in [-0.05, 0) is 26.5 Å². The van der Waals surface area contributed by atoms with Gasteiger partial charge in [0, 0.05) is 13.0 Å². The van der Waals surface area contributed by atoms with Crippen LogP contribution >= 0.6 is 0 Å². The van der Waals surface area contributed by atoms with Gasteiger partial charge in [0.25, 0.3) is 0 Å². The Morgan fingerprint density at radius 3 is 2.60 bits per heavy atom. The van der Waals surface area contributed by atoms with Gasteiger partial charge in [-0.1, -0.05) is 30.3 Å². The number of hydrogen-bond acceptors (Lipinski definition) is 4. The third kappa shape index (κ3) is 4.61. The Hall–Kier alpha value is -1.41. The predicted molar refractivity (Wildman–Crippen MR) is 79.3 cm³/mol. The van der Waals surface area contributed by atoms with Gasteiger partial charge in [-0.3, -0.25) is 5.32 Å². The van der Waals surface area contributed by atoms with Crippen molar-refractivity contribution < 1.29 is 9.47 Å². The molecule has 4 nitrogen and oxygen atoms in total. The molecule has 0 heterocycles. The third-order valence-corrected chi connectivity index (χ3v) is 3.32. The summed E-state index contributed by atoms with van der Waals surface area (Å²) in [6, 6.07) is 12.1. The lowest BCUT2D eigenvalue weighted by atomic mass is 9.88. The van der Waals surface area contributed by atoms with E-state index in [0.29, 0.717) is 26.2 Å². The van der Waals surface area contributed by atoms with Crippen molar-refractivity contribution in [1.82, 2.24) is 5.32 Å². The third-order valence-electron chi connectivity index (χ3n) is 3.32. The van der Waals surface area contributed by atoms with Crippen molar-refractivity contribution in [3.05, 3.63) is 35.9 Å². The number of benzene rings is 1. The summed E-state index contributed by atoms with van der Waals surface area (Å²) in [5.74, 6) is 0. The lowest BCUT2D eigenvalue weighted by molar-refractivity contribution is -0.00852. The maximum atomic E-state index is 9.54. The number of hydrogen-bond donors (Lipinski definition) is 1. The summed E-state index contributed by atoms with van der Waals surface area (Å²) in [7, 11) is 1.81. The van der Waals surface area contributed by atoms with Gasteiger partial charge in [-0.15, -0.1) is 0 Å². The van der Waals surface area contributed by atoms with Gasteiger partial charge < -0.3 is 9.47 Å². The second-order valence-electron chi connectivity index (χ2n) is 4.72. The highest BCUT2D eigenvalue weighted by Crippen LogP contribution is 2.24. The fraction of sp³-hybridized carbons (Fsp3) is 0.562. The average molecular weight is 276 g/mol. The van der Waals surface area contributed by atoms with Gasteiger partial charge in [0.05, 0.1) is 25.4 Å². The lowest BCUT2D eigenvalue weighted by Gasteiger charge is -2.27. The van der Waals surface area contributed by atoms with E-state index in [0.717, 1.165) is 5.56 Å². The van der Waals surface area contributed by atoms with Gasteiger partial charge in [-0.25, -0.2) is 0 Å². The molecule has 1 aromatic carbocycles. The summed E-state index contributed by atoms with van der Waals surface area (Å²) in [4.78, 5) is 0. The van der Waals surface area contributed by atoms with Crippen molar-refractivity contribution in [2.75, 3.05) is 26.9 Å². The van der Waals surface area contributed by atoms with E-state index in [9.17, 15) is 5.26 Å². The number of ether oxygens (including phenoxy) is 2. The minimum absolute atomic E-state index is 0.0407. The van der Waals surface area contributed by atoms with E-state index < -0.39 is 5.54 Å². The Balaban J connectivity index is 2.59. The van der Waals surface area contributed by atoms with Crippen LogP contribution in [-0.4, -0.2) is 33.0 Å². The summed E-state index contributed by atoms with van der Waals surface area (Å²) in [5.41, 5.74) is 0.262. The van der Waals surface area contributed by atoms with Crippen LogP contribution in [0.5, 0.6) is 0 Å². The minimum atomic E-state index is -0.702. The van der Waals surface area contributed by atoms with Crippen LogP contribution in [0.1, 0.15) is 25.8 Å². The Kier molecular flexibility index (Phi) is 7.24. The topological polar surface area (TPSA) is 54.3 Å². The first-order chi connectivity index (χ1) is 9.68. The molecule has 0 aliphatic carbocycles. The van der Waals surface area contributed by atoms with Gasteiger partial charge in [0.2, 0.25) is 0 Å². The van der Waals surface area contributed by atoms with Gasteiger partial charge in [0.1, 0.15) is 5.54 Å². The van der Waals surface area contributed by atoms with E-state index in [2.05, 4.69) is 11.4 Å². The number of nitrogens with zero attached hydrogens (tertiary/aromatic N) is 1. The van der Waals surface area contributed by atoms with Crippen molar-refractivity contribution in [2.45, 2.75) is 31.9 Å². The number of nitrogens with one attached hydrogen (secondary N) is 1. The van der Waals surface area contributed by atoms with Crippen molar-refractivity contribution in [3.63, 3.8) is 0 Å². The van der Waals surface area contributed by atoms with Gasteiger partial charge in [0.15, 0.2) is 0 Å². The fourth-order valence-electron chi connectivity index (χ4n) is 2.06. The molecular weight excluding hydrogens is 252 g/mol. The average Bonchev–Trinajstić information content (AvgIpc) is 2.51. The van der Waals surface area contributed by atoms with E-state index in [1.165, 1.54) is 0 Å². The molecule has 0 radical (unpaired) electrons. The molecule has 0 bridgehead atoms. The van der Waals surface area contributed by atoms with Crippen molar-refractivity contribution >= 4 is 0 Å². The molecule has 2 unspecified atom stereocenters.